The summed E-state index contributed by atoms with van der Waals surface area (Å²) in [6.07, 6.45) is 1.39. The Morgan fingerprint density at radius 1 is 1.05 bits per heavy atom. The van der Waals surface area contributed by atoms with E-state index in [2.05, 4.69) is 36.5 Å². The molecule has 0 aliphatic carbocycles. The summed E-state index contributed by atoms with van der Waals surface area (Å²) in [5, 5.41) is 3.71. The quantitative estimate of drug-likeness (QED) is 0.875. The van der Waals surface area contributed by atoms with E-state index in [9.17, 15) is 4.79 Å². The zero-order valence-corrected chi connectivity index (χ0v) is 13.2. The molecule has 0 saturated carbocycles. The normalized spacial score (nSPS) is 12.0. The maximum absolute atomic E-state index is 12.1. The van der Waals surface area contributed by atoms with Crippen LogP contribution >= 0.6 is 11.6 Å². The molecule has 0 saturated heterocycles. The lowest BCUT2D eigenvalue weighted by molar-refractivity contribution is -0.121. The first-order valence-electron chi connectivity index (χ1n) is 7.21. The molecule has 2 aromatic carbocycles. The van der Waals surface area contributed by atoms with Crippen molar-refractivity contribution in [2.24, 2.45) is 0 Å². The first kappa shape index (κ1) is 15.6. The fourth-order valence-corrected chi connectivity index (χ4v) is 2.33. The van der Waals surface area contributed by atoms with Crippen molar-refractivity contribution in [1.29, 1.82) is 0 Å². The Balaban J connectivity index is 1.93. The summed E-state index contributed by atoms with van der Waals surface area (Å²) in [6, 6.07) is 15.7. The Bertz CT molecular complexity index is 590. The number of halogens is 1. The van der Waals surface area contributed by atoms with Crippen LogP contribution in [0.4, 0.5) is 0 Å². The van der Waals surface area contributed by atoms with E-state index in [1.807, 2.05) is 19.1 Å². The molecule has 0 aliphatic heterocycles. The SMILES string of the molecule is CCc1ccc(C(C)NC(=O)Cc2ccc(Cl)cc2)cc1. The van der Waals surface area contributed by atoms with Crippen LogP contribution in [0.2, 0.25) is 5.02 Å². The predicted molar refractivity (Wildman–Crippen MR) is 87.5 cm³/mol. The van der Waals surface area contributed by atoms with Crippen LogP contribution in [0.1, 0.15) is 36.6 Å². The second-order valence-electron chi connectivity index (χ2n) is 5.19. The van der Waals surface area contributed by atoms with Gasteiger partial charge in [-0.1, -0.05) is 54.9 Å². The molecule has 1 unspecified atom stereocenters. The van der Waals surface area contributed by atoms with Crippen molar-refractivity contribution in [3.05, 3.63) is 70.2 Å². The molecule has 3 heteroatoms. The molecule has 0 fully saturated rings. The molecule has 21 heavy (non-hydrogen) atoms. The summed E-state index contributed by atoms with van der Waals surface area (Å²) in [7, 11) is 0. The average Bonchev–Trinajstić information content (AvgIpc) is 2.49. The molecule has 0 radical (unpaired) electrons. The van der Waals surface area contributed by atoms with Gasteiger partial charge < -0.3 is 5.32 Å². The van der Waals surface area contributed by atoms with Gasteiger partial charge in [0, 0.05) is 5.02 Å². The van der Waals surface area contributed by atoms with Crippen molar-refractivity contribution in [2.45, 2.75) is 32.7 Å². The van der Waals surface area contributed by atoms with Crippen molar-refractivity contribution in [3.63, 3.8) is 0 Å². The molecule has 0 aliphatic rings. The maximum Gasteiger partial charge on any atom is 0.224 e. The molecule has 2 aromatic rings. The van der Waals surface area contributed by atoms with Gasteiger partial charge in [-0.05, 0) is 42.2 Å². The Labute approximate surface area is 131 Å². The van der Waals surface area contributed by atoms with Gasteiger partial charge in [-0.15, -0.1) is 0 Å². The number of hydrogen-bond donors (Lipinski definition) is 1. The average molecular weight is 302 g/mol. The zero-order valence-electron chi connectivity index (χ0n) is 12.4. The second-order valence-corrected chi connectivity index (χ2v) is 5.62. The molecule has 0 bridgehead atoms. The Morgan fingerprint density at radius 2 is 1.62 bits per heavy atom. The number of aryl methyl sites for hydroxylation is 1. The summed E-state index contributed by atoms with van der Waals surface area (Å²) in [5.41, 5.74) is 3.39. The van der Waals surface area contributed by atoms with Crippen LogP contribution < -0.4 is 5.32 Å². The van der Waals surface area contributed by atoms with E-state index in [-0.39, 0.29) is 11.9 Å². The van der Waals surface area contributed by atoms with Crippen LogP contribution in [0, 0.1) is 0 Å². The van der Waals surface area contributed by atoms with Crippen LogP contribution in [0.3, 0.4) is 0 Å². The lowest BCUT2D eigenvalue weighted by Crippen LogP contribution is -2.28. The standard InChI is InChI=1S/C18H20ClNO/c1-3-14-4-8-16(9-5-14)13(2)20-18(21)12-15-6-10-17(19)11-7-15/h4-11,13H,3,12H2,1-2H3,(H,20,21). The van der Waals surface area contributed by atoms with Crippen LogP contribution in [0.25, 0.3) is 0 Å². The molecule has 0 spiro atoms. The lowest BCUT2D eigenvalue weighted by atomic mass is 10.0. The molecular weight excluding hydrogens is 282 g/mol. The maximum atomic E-state index is 12.1. The van der Waals surface area contributed by atoms with Crippen LogP contribution in [0.5, 0.6) is 0 Å². The highest BCUT2D eigenvalue weighted by molar-refractivity contribution is 6.30. The largest absolute Gasteiger partial charge is 0.349 e. The van der Waals surface area contributed by atoms with Gasteiger partial charge in [0.15, 0.2) is 0 Å². The van der Waals surface area contributed by atoms with E-state index in [1.54, 1.807) is 12.1 Å². The van der Waals surface area contributed by atoms with E-state index < -0.39 is 0 Å². The molecule has 0 aromatic heterocycles. The van der Waals surface area contributed by atoms with E-state index in [0.717, 1.165) is 17.5 Å². The van der Waals surface area contributed by atoms with E-state index in [0.29, 0.717) is 11.4 Å². The zero-order chi connectivity index (χ0) is 15.2. The van der Waals surface area contributed by atoms with Crippen molar-refractivity contribution in [3.8, 4) is 0 Å². The highest BCUT2D eigenvalue weighted by Crippen LogP contribution is 2.15. The number of benzene rings is 2. The highest BCUT2D eigenvalue weighted by Gasteiger charge is 2.10. The lowest BCUT2D eigenvalue weighted by Gasteiger charge is -2.15. The molecular formula is C18H20ClNO. The van der Waals surface area contributed by atoms with Crippen molar-refractivity contribution < 1.29 is 4.79 Å². The third-order valence-electron chi connectivity index (χ3n) is 3.54. The topological polar surface area (TPSA) is 29.1 Å². The molecule has 2 nitrogen and oxygen atoms in total. The number of nitrogens with one attached hydrogen (secondary N) is 1. The number of carbonyl (C=O) groups excluding carboxylic acids is 1. The predicted octanol–water partition coefficient (Wildman–Crippen LogP) is 4.32. The van der Waals surface area contributed by atoms with Crippen LogP contribution in [-0.4, -0.2) is 5.91 Å². The second kappa shape index (κ2) is 7.28. The first-order valence-corrected chi connectivity index (χ1v) is 7.59. The Kier molecular flexibility index (Phi) is 5.40. The third kappa shape index (κ3) is 4.61. The molecule has 2 rings (SSSR count). The van der Waals surface area contributed by atoms with Gasteiger partial charge in [-0.25, -0.2) is 0 Å². The molecule has 1 atom stereocenters. The van der Waals surface area contributed by atoms with Crippen molar-refractivity contribution in [1.82, 2.24) is 5.32 Å². The van der Waals surface area contributed by atoms with Crippen LogP contribution in [-0.2, 0) is 17.6 Å². The van der Waals surface area contributed by atoms with Gasteiger partial charge in [-0.2, -0.15) is 0 Å². The van der Waals surface area contributed by atoms with E-state index in [4.69, 9.17) is 11.6 Å². The Hall–Kier alpha value is -1.80. The summed E-state index contributed by atoms with van der Waals surface area (Å²) >= 11 is 5.84. The van der Waals surface area contributed by atoms with Gasteiger partial charge in [0.25, 0.3) is 0 Å². The summed E-state index contributed by atoms with van der Waals surface area (Å²) < 4.78 is 0. The number of rotatable bonds is 5. The monoisotopic (exact) mass is 301 g/mol. The van der Waals surface area contributed by atoms with Crippen molar-refractivity contribution >= 4 is 17.5 Å². The number of carbonyl (C=O) groups is 1. The highest BCUT2D eigenvalue weighted by atomic mass is 35.5. The van der Waals surface area contributed by atoms with Gasteiger partial charge in [0.1, 0.15) is 0 Å². The fraction of sp³-hybridized carbons (Fsp3) is 0.278. The summed E-state index contributed by atoms with van der Waals surface area (Å²) in [5.74, 6) is 0.0180. The van der Waals surface area contributed by atoms with Gasteiger partial charge in [-0.3, -0.25) is 4.79 Å². The minimum atomic E-state index is 0.00991. The smallest absolute Gasteiger partial charge is 0.224 e. The summed E-state index contributed by atoms with van der Waals surface area (Å²) in [4.78, 5) is 12.1. The number of amides is 1. The van der Waals surface area contributed by atoms with E-state index >= 15 is 0 Å². The van der Waals surface area contributed by atoms with Gasteiger partial charge in [0.05, 0.1) is 12.5 Å². The minimum absolute atomic E-state index is 0.00991. The molecule has 0 heterocycles. The fourth-order valence-electron chi connectivity index (χ4n) is 2.21. The van der Waals surface area contributed by atoms with Gasteiger partial charge in [0.2, 0.25) is 5.91 Å². The summed E-state index contributed by atoms with van der Waals surface area (Å²) in [6.45, 7) is 4.13. The molecule has 1 amide bonds. The Morgan fingerprint density at radius 3 is 2.19 bits per heavy atom. The first-order chi connectivity index (χ1) is 10.1. The minimum Gasteiger partial charge on any atom is -0.349 e. The van der Waals surface area contributed by atoms with Crippen molar-refractivity contribution in [2.75, 3.05) is 0 Å². The van der Waals surface area contributed by atoms with E-state index in [1.165, 1.54) is 5.56 Å². The molecule has 1 N–H and O–H groups in total. The van der Waals surface area contributed by atoms with Crippen LogP contribution in [0.15, 0.2) is 48.5 Å². The molecule has 110 valence electrons. The number of hydrogen-bond acceptors (Lipinski definition) is 1. The third-order valence-corrected chi connectivity index (χ3v) is 3.80. The van der Waals surface area contributed by atoms with Gasteiger partial charge >= 0.3 is 0 Å².